The second kappa shape index (κ2) is 6.74. The van der Waals surface area contributed by atoms with Gasteiger partial charge in [0.2, 0.25) is 0 Å². The number of hydrogen-bond acceptors (Lipinski definition) is 4. The predicted molar refractivity (Wildman–Crippen MR) is 80.6 cm³/mol. The molecular weight excluding hydrogens is 252 g/mol. The van der Waals surface area contributed by atoms with Crippen molar-refractivity contribution >= 4 is 0 Å². The van der Waals surface area contributed by atoms with E-state index in [0.29, 0.717) is 6.61 Å². The molecule has 1 aromatic heterocycles. The first-order chi connectivity index (χ1) is 9.44. The minimum atomic E-state index is 0.108. The van der Waals surface area contributed by atoms with E-state index in [1.54, 1.807) is 0 Å². The van der Waals surface area contributed by atoms with E-state index in [2.05, 4.69) is 38.0 Å². The topological polar surface area (TPSA) is 37.6 Å². The van der Waals surface area contributed by atoms with E-state index >= 15 is 0 Å². The van der Waals surface area contributed by atoms with Crippen LogP contribution in [0.15, 0.2) is 16.5 Å². The molecule has 2 rings (SSSR count). The largest absolute Gasteiger partial charge is 0.462 e. The third-order valence-electron chi connectivity index (χ3n) is 3.51. The molecule has 0 aromatic carbocycles. The highest BCUT2D eigenvalue weighted by atomic mass is 16.5. The summed E-state index contributed by atoms with van der Waals surface area (Å²) in [6.07, 6.45) is 2.69. The van der Waals surface area contributed by atoms with Gasteiger partial charge in [-0.3, -0.25) is 0 Å². The highest BCUT2D eigenvalue weighted by Crippen LogP contribution is 2.24. The van der Waals surface area contributed by atoms with Crippen LogP contribution in [-0.4, -0.2) is 36.7 Å². The number of nitrogens with zero attached hydrogens (tertiary/aromatic N) is 1. The Bertz CT molecular complexity index is 405. The monoisotopic (exact) mass is 280 g/mol. The van der Waals surface area contributed by atoms with E-state index in [4.69, 9.17) is 9.15 Å². The first kappa shape index (κ1) is 15.5. The molecule has 0 aliphatic heterocycles. The number of ether oxygens (including phenoxy) is 1. The molecule has 1 aliphatic carbocycles. The Kier molecular flexibility index (Phi) is 5.24. The molecule has 114 valence electrons. The maximum absolute atomic E-state index is 5.74. The van der Waals surface area contributed by atoms with Crippen LogP contribution >= 0.6 is 0 Å². The van der Waals surface area contributed by atoms with Crippen molar-refractivity contribution in [2.75, 3.05) is 20.2 Å². The van der Waals surface area contributed by atoms with Gasteiger partial charge in [-0.15, -0.1) is 0 Å². The minimum Gasteiger partial charge on any atom is -0.462 e. The van der Waals surface area contributed by atoms with E-state index in [1.165, 1.54) is 12.8 Å². The van der Waals surface area contributed by atoms with Crippen molar-refractivity contribution in [2.24, 2.45) is 0 Å². The van der Waals surface area contributed by atoms with E-state index < -0.39 is 0 Å². The van der Waals surface area contributed by atoms with Crippen LogP contribution < -0.4 is 5.32 Å². The summed E-state index contributed by atoms with van der Waals surface area (Å²) < 4.78 is 11.4. The Morgan fingerprint density at radius 2 is 2.00 bits per heavy atom. The van der Waals surface area contributed by atoms with Crippen LogP contribution in [-0.2, 0) is 17.9 Å². The lowest BCUT2D eigenvalue weighted by Crippen LogP contribution is -2.34. The molecule has 0 radical (unpaired) electrons. The summed E-state index contributed by atoms with van der Waals surface area (Å²) in [7, 11) is 2.17. The van der Waals surface area contributed by atoms with Crippen LogP contribution in [0.2, 0.25) is 0 Å². The fourth-order valence-corrected chi connectivity index (χ4v) is 2.03. The van der Waals surface area contributed by atoms with Crippen molar-refractivity contribution in [3.63, 3.8) is 0 Å². The Hall–Kier alpha value is -0.840. The quantitative estimate of drug-likeness (QED) is 0.743. The van der Waals surface area contributed by atoms with Gasteiger partial charge in [-0.1, -0.05) is 0 Å². The predicted octanol–water partition coefficient (Wildman–Crippen LogP) is 2.78. The third kappa shape index (κ3) is 5.65. The van der Waals surface area contributed by atoms with Gasteiger partial charge >= 0.3 is 0 Å². The van der Waals surface area contributed by atoms with Crippen molar-refractivity contribution < 1.29 is 9.15 Å². The van der Waals surface area contributed by atoms with Gasteiger partial charge in [-0.2, -0.15) is 0 Å². The van der Waals surface area contributed by atoms with E-state index in [-0.39, 0.29) is 5.54 Å². The summed E-state index contributed by atoms with van der Waals surface area (Å²) >= 11 is 0. The molecule has 0 bridgehead atoms. The summed E-state index contributed by atoms with van der Waals surface area (Å²) in [5.41, 5.74) is 0.108. The first-order valence-electron chi connectivity index (χ1n) is 7.55. The zero-order valence-corrected chi connectivity index (χ0v) is 13.2. The molecule has 1 saturated carbocycles. The number of nitrogens with one attached hydrogen (secondary N) is 1. The van der Waals surface area contributed by atoms with Gasteiger partial charge < -0.3 is 19.4 Å². The molecule has 0 unspecified atom stereocenters. The van der Waals surface area contributed by atoms with E-state index in [9.17, 15) is 0 Å². The number of hydrogen-bond donors (Lipinski definition) is 1. The molecule has 4 nitrogen and oxygen atoms in total. The molecule has 20 heavy (non-hydrogen) atoms. The smallest absolute Gasteiger partial charge is 0.129 e. The first-order valence-corrected chi connectivity index (χ1v) is 7.55. The Balaban J connectivity index is 1.62. The highest BCUT2D eigenvalue weighted by Gasteiger charge is 2.25. The van der Waals surface area contributed by atoms with Gasteiger partial charge in [0, 0.05) is 18.1 Å². The van der Waals surface area contributed by atoms with Gasteiger partial charge in [0.15, 0.2) is 0 Å². The third-order valence-corrected chi connectivity index (χ3v) is 3.51. The SMILES string of the molecule is CN(CCOCc1ccc(CNC(C)(C)C)o1)C1CC1. The second-order valence-corrected chi connectivity index (χ2v) is 6.74. The van der Waals surface area contributed by atoms with Gasteiger partial charge in [-0.25, -0.2) is 0 Å². The maximum atomic E-state index is 5.74. The Morgan fingerprint density at radius 1 is 1.30 bits per heavy atom. The molecule has 0 amide bonds. The Morgan fingerprint density at radius 3 is 2.65 bits per heavy atom. The average Bonchev–Trinajstić information content (AvgIpc) is 3.12. The number of rotatable bonds is 8. The lowest BCUT2D eigenvalue weighted by molar-refractivity contribution is 0.0854. The molecule has 0 atom stereocenters. The molecule has 0 spiro atoms. The van der Waals surface area contributed by atoms with Gasteiger partial charge in [0.25, 0.3) is 0 Å². The van der Waals surface area contributed by atoms with E-state index in [1.807, 2.05) is 12.1 Å². The van der Waals surface area contributed by atoms with Crippen LogP contribution in [0.5, 0.6) is 0 Å². The molecule has 1 N–H and O–H groups in total. The Labute approximate surface area is 122 Å². The van der Waals surface area contributed by atoms with Crippen LogP contribution in [0.25, 0.3) is 0 Å². The minimum absolute atomic E-state index is 0.108. The standard InChI is InChI=1S/C16H28N2O2/c1-16(2,3)17-11-14-7-8-15(20-14)12-19-10-9-18(4)13-5-6-13/h7-8,13,17H,5-6,9-12H2,1-4H3. The van der Waals surface area contributed by atoms with Crippen LogP contribution in [0.3, 0.4) is 0 Å². The second-order valence-electron chi connectivity index (χ2n) is 6.74. The summed E-state index contributed by atoms with van der Waals surface area (Å²) in [6, 6.07) is 4.83. The number of likely N-dealkylation sites (N-methyl/N-ethyl adjacent to an activating group) is 1. The molecule has 1 aromatic rings. The molecule has 0 saturated heterocycles. The highest BCUT2D eigenvalue weighted by molar-refractivity contribution is 5.06. The van der Waals surface area contributed by atoms with Crippen molar-refractivity contribution in [1.29, 1.82) is 0 Å². The van der Waals surface area contributed by atoms with Crippen LogP contribution in [0.4, 0.5) is 0 Å². The lowest BCUT2D eigenvalue weighted by Gasteiger charge is -2.19. The van der Waals surface area contributed by atoms with Crippen molar-refractivity contribution in [1.82, 2.24) is 10.2 Å². The lowest BCUT2D eigenvalue weighted by atomic mass is 10.1. The molecule has 1 fully saturated rings. The normalized spacial score (nSPS) is 16.1. The molecule has 1 aliphatic rings. The summed E-state index contributed by atoms with van der Waals surface area (Å²) in [6.45, 7) is 9.54. The van der Waals surface area contributed by atoms with Crippen LogP contribution in [0.1, 0.15) is 45.1 Å². The summed E-state index contributed by atoms with van der Waals surface area (Å²) in [4.78, 5) is 2.38. The fraction of sp³-hybridized carbons (Fsp3) is 0.750. The van der Waals surface area contributed by atoms with Gasteiger partial charge in [-0.05, 0) is 52.8 Å². The van der Waals surface area contributed by atoms with Crippen molar-refractivity contribution in [2.45, 2.75) is 58.3 Å². The van der Waals surface area contributed by atoms with Crippen molar-refractivity contribution in [3.05, 3.63) is 23.7 Å². The fourth-order valence-electron chi connectivity index (χ4n) is 2.03. The molecule has 1 heterocycles. The zero-order chi connectivity index (χ0) is 14.6. The van der Waals surface area contributed by atoms with Crippen molar-refractivity contribution in [3.8, 4) is 0 Å². The summed E-state index contributed by atoms with van der Waals surface area (Å²) in [5, 5.41) is 3.41. The molecule has 4 heteroatoms. The van der Waals surface area contributed by atoms with E-state index in [0.717, 1.165) is 37.3 Å². The average molecular weight is 280 g/mol. The zero-order valence-electron chi connectivity index (χ0n) is 13.2. The number of furan rings is 1. The van der Waals surface area contributed by atoms with Gasteiger partial charge in [0.1, 0.15) is 18.1 Å². The molecular formula is C16H28N2O2. The summed E-state index contributed by atoms with van der Waals surface area (Å²) in [5.74, 6) is 1.87. The van der Waals surface area contributed by atoms with Gasteiger partial charge in [0.05, 0.1) is 13.2 Å². The maximum Gasteiger partial charge on any atom is 0.129 e. The van der Waals surface area contributed by atoms with Crippen LogP contribution in [0, 0.1) is 0 Å².